The summed E-state index contributed by atoms with van der Waals surface area (Å²) in [7, 11) is 8.27. The molecule has 0 saturated heterocycles. The molecule has 2 unspecified atom stereocenters. The smallest absolute Gasteiger partial charge is 0.438 e. The molecule has 0 spiro atoms. The van der Waals surface area contributed by atoms with Gasteiger partial charge in [0.05, 0.1) is 109 Å². The summed E-state index contributed by atoms with van der Waals surface area (Å²) in [5.41, 5.74) is -0.612. The first-order valence-corrected chi connectivity index (χ1v) is 27.8. The molecular formula is C53H90O43. The Morgan fingerprint density at radius 1 is 0.271 bits per heavy atom. The summed E-state index contributed by atoms with van der Waals surface area (Å²) in [6.45, 7) is 10.1. The van der Waals surface area contributed by atoms with E-state index in [0.29, 0.717) is 0 Å². The van der Waals surface area contributed by atoms with Crippen LogP contribution in [0.2, 0.25) is 0 Å². The number of aliphatic hydroxyl groups is 1. The summed E-state index contributed by atoms with van der Waals surface area (Å²) in [6.07, 6.45) is -12.5. The van der Waals surface area contributed by atoms with Gasteiger partial charge in [0.2, 0.25) is 0 Å². The fraction of sp³-hybridized carbons (Fsp3) is 0.755. The van der Waals surface area contributed by atoms with Gasteiger partial charge in [-0.05, 0) is 27.7 Å². The second kappa shape index (κ2) is 68.2. The van der Waals surface area contributed by atoms with Crippen molar-refractivity contribution in [1.29, 1.82) is 0 Å². The van der Waals surface area contributed by atoms with E-state index in [1.165, 1.54) is 49.4 Å². The van der Waals surface area contributed by atoms with Gasteiger partial charge in [-0.15, -0.1) is 0 Å². The Hall–Kier alpha value is -9.65. The highest BCUT2D eigenvalue weighted by Crippen LogP contribution is 2.16. The highest BCUT2D eigenvalue weighted by Gasteiger charge is 2.24. The summed E-state index contributed by atoms with van der Waals surface area (Å²) in [6, 6.07) is 0. The lowest BCUT2D eigenvalue weighted by Gasteiger charge is -2.22. The molecular weight excluding hydrogens is 1320 g/mol. The molecule has 1 N–H and O–H groups in total. The minimum Gasteiger partial charge on any atom is -0.438 e. The molecule has 0 heterocycles. The summed E-state index contributed by atoms with van der Waals surface area (Å²) in [5, 5.41) is 8.79. The van der Waals surface area contributed by atoms with Crippen molar-refractivity contribution in [3.8, 4) is 0 Å². The molecule has 43 nitrogen and oxygen atoms in total. The van der Waals surface area contributed by atoms with Gasteiger partial charge in [0.15, 0.2) is 0 Å². The Bertz CT molecular complexity index is 2070. The molecule has 0 aliphatic carbocycles. The first-order valence-electron chi connectivity index (χ1n) is 27.8. The summed E-state index contributed by atoms with van der Waals surface area (Å²) < 4.78 is 132. The van der Waals surface area contributed by atoms with Crippen molar-refractivity contribution in [2.24, 2.45) is 5.41 Å². The van der Waals surface area contributed by atoms with Crippen LogP contribution in [0.4, 0.5) is 62.3 Å². The number of carbonyl (C=O) groups excluding carboxylic acids is 13. The largest absolute Gasteiger partial charge is 0.508 e. The number of ether oxygens (including phenoxy) is 29. The van der Waals surface area contributed by atoms with Crippen molar-refractivity contribution in [2.75, 3.05) is 208 Å². The zero-order valence-electron chi connectivity index (χ0n) is 55.7. The second-order valence-corrected chi connectivity index (χ2v) is 16.7. The van der Waals surface area contributed by atoms with Crippen molar-refractivity contribution >= 4 is 80.0 Å². The minimum atomic E-state index is -0.927. The Balaban J connectivity index is -0.000000383. The number of hydrogen-bond acceptors (Lipinski definition) is 43. The Labute approximate surface area is 551 Å². The van der Waals surface area contributed by atoms with Gasteiger partial charge in [-0.1, -0.05) is 13.8 Å². The van der Waals surface area contributed by atoms with Crippen LogP contribution in [-0.4, -0.2) is 306 Å². The van der Waals surface area contributed by atoms with Crippen molar-refractivity contribution in [2.45, 2.75) is 53.8 Å². The molecule has 96 heavy (non-hydrogen) atoms. The van der Waals surface area contributed by atoms with E-state index in [-0.39, 0.29) is 159 Å². The Morgan fingerprint density at radius 2 is 0.469 bits per heavy atom. The van der Waals surface area contributed by atoms with E-state index in [4.69, 9.17) is 43.0 Å². The minimum absolute atomic E-state index is 0.00736. The second-order valence-electron chi connectivity index (χ2n) is 16.7. The molecule has 0 aromatic carbocycles. The fourth-order valence-electron chi connectivity index (χ4n) is 4.17. The van der Waals surface area contributed by atoms with Crippen molar-refractivity contribution in [1.82, 2.24) is 0 Å². The highest BCUT2D eigenvalue weighted by molar-refractivity contribution is 5.64. The SMILES string of the molecule is CCOC(=O)OCCOC(=O)OC.CCOC(=O)OCCOC(=O)OCC(C)O.COC(=O)OCC(C)OC(=O)OCCOCCOCCOC(=O)OCC(C)(C)COC(=O)OC.COC(=O)OCCOC(=O)OC.COC(=O)OCCOCCOC(=O)OCCOC(=O)OC. The molecule has 43 heteroatoms. The van der Waals surface area contributed by atoms with Gasteiger partial charge in [0, 0.05) is 5.41 Å². The lowest BCUT2D eigenvalue weighted by atomic mass is 9.96. The number of rotatable bonds is 38. The third-order valence-corrected chi connectivity index (χ3v) is 8.28. The molecule has 0 saturated carbocycles. The third kappa shape index (κ3) is 76.8. The monoisotopic (exact) mass is 1410 g/mol. The molecule has 0 aromatic heterocycles. The van der Waals surface area contributed by atoms with Gasteiger partial charge in [-0.25, -0.2) is 62.3 Å². The van der Waals surface area contributed by atoms with Gasteiger partial charge in [0.25, 0.3) is 0 Å². The van der Waals surface area contributed by atoms with E-state index >= 15 is 0 Å². The van der Waals surface area contributed by atoms with Crippen LogP contribution in [0.5, 0.6) is 0 Å². The average molecular weight is 1420 g/mol. The molecule has 0 aliphatic heterocycles. The summed E-state index contributed by atoms with van der Waals surface area (Å²) >= 11 is 0. The van der Waals surface area contributed by atoms with Crippen LogP contribution in [0, 0.1) is 5.41 Å². The van der Waals surface area contributed by atoms with Crippen LogP contribution < -0.4 is 0 Å². The maximum Gasteiger partial charge on any atom is 0.508 e. The van der Waals surface area contributed by atoms with Crippen molar-refractivity contribution < 1.29 is 205 Å². The molecule has 0 radical (unpaired) electrons. The predicted octanol–water partition coefficient (Wildman–Crippen LogP) is 5.22. The first kappa shape index (κ1) is 95.1. The predicted molar refractivity (Wildman–Crippen MR) is 306 cm³/mol. The van der Waals surface area contributed by atoms with Crippen LogP contribution in [0.25, 0.3) is 0 Å². The number of aliphatic hydroxyl groups excluding tert-OH is 1. The fourth-order valence-corrected chi connectivity index (χ4v) is 4.17. The van der Waals surface area contributed by atoms with Gasteiger partial charge in [-0.2, -0.15) is 0 Å². The highest BCUT2D eigenvalue weighted by atomic mass is 16.8. The lowest BCUT2D eigenvalue weighted by Crippen LogP contribution is -2.29. The maximum absolute atomic E-state index is 11.6. The zero-order valence-corrected chi connectivity index (χ0v) is 55.7. The number of methoxy groups -OCH3 is 7. The van der Waals surface area contributed by atoms with Crippen molar-refractivity contribution in [3.63, 3.8) is 0 Å². The topological polar surface area (TPSA) is 510 Å². The first-order chi connectivity index (χ1) is 45.6. The van der Waals surface area contributed by atoms with E-state index < -0.39 is 97.6 Å². The molecule has 0 rings (SSSR count). The lowest BCUT2D eigenvalue weighted by molar-refractivity contribution is -0.0254. The van der Waals surface area contributed by atoms with Crippen molar-refractivity contribution in [3.05, 3.63) is 0 Å². The van der Waals surface area contributed by atoms with Gasteiger partial charge in [-0.3, -0.25) is 0 Å². The van der Waals surface area contributed by atoms with Gasteiger partial charge >= 0.3 is 80.0 Å². The maximum atomic E-state index is 11.6. The Kier molecular flexibility index (Phi) is 67.5. The van der Waals surface area contributed by atoms with Crippen LogP contribution in [0.1, 0.15) is 41.5 Å². The summed E-state index contributed by atoms with van der Waals surface area (Å²) in [4.78, 5) is 140. The molecule has 0 amide bonds. The summed E-state index contributed by atoms with van der Waals surface area (Å²) in [5.74, 6) is 0. The van der Waals surface area contributed by atoms with Crippen LogP contribution >= 0.6 is 0 Å². The number of hydrogen-bond donors (Lipinski definition) is 1. The van der Waals surface area contributed by atoms with E-state index in [0.717, 1.165) is 14.2 Å². The molecule has 0 aliphatic rings. The quantitative estimate of drug-likeness (QED) is 0.0470. The normalized spacial score (nSPS) is 10.3. The van der Waals surface area contributed by atoms with Crippen LogP contribution in [0.15, 0.2) is 0 Å². The average Bonchev–Trinajstić information content (AvgIpc) is 1.92. The van der Waals surface area contributed by atoms with E-state index in [9.17, 15) is 62.3 Å². The molecule has 0 aromatic rings. The van der Waals surface area contributed by atoms with E-state index in [2.05, 4.69) is 99.5 Å². The van der Waals surface area contributed by atoms with E-state index in [1.54, 1.807) is 27.7 Å². The van der Waals surface area contributed by atoms with Gasteiger partial charge < -0.3 is 142 Å². The third-order valence-electron chi connectivity index (χ3n) is 8.28. The van der Waals surface area contributed by atoms with Crippen LogP contribution in [-0.2, 0) is 137 Å². The van der Waals surface area contributed by atoms with Gasteiger partial charge in [0.1, 0.15) is 112 Å². The molecule has 0 bridgehead atoms. The standard InChI is InChI=1S/C20H34O14.C11H18O10.C9H16O7.C7H12O6.C6H10O6/c1-15(12-31-16(21)25-4)34-19(24)30-11-9-28-7-6-27-8-10-29-18(23)33-14-20(2,3)13-32-17(22)26-5;1-15-9(12)18-5-3-17-4-6-20-11(14)21-8-7-19-10(13)16-2;1-3-13-8(11)14-4-5-15-9(12)16-6-7(2)10;1-3-11-7(9)13-5-4-12-6(8)10-2;1-9-5(7)11-3-4-12-6(8)10-2/h15H,6-14H2,1-5H3;3-8H2,1-2H3;7,10H,3-6H2,1-2H3;3-5H2,1-2H3;3-4H2,1-2H3. The van der Waals surface area contributed by atoms with Crippen LogP contribution in [0.3, 0.4) is 0 Å². The zero-order chi connectivity index (χ0) is 73.6. The molecule has 2 atom stereocenters. The Morgan fingerprint density at radius 3 is 0.750 bits per heavy atom. The number of carbonyl (C=O) groups is 13. The molecule has 0 fully saturated rings. The van der Waals surface area contributed by atoms with E-state index in [1.807, 2.05) is 0 Å². The molecule has 560 valence electrons.